The van der Waals surface area contributed by atoms with Crippen molar-refractivity contribution >= 4 is 41.6 Å². The van der Waals surface area contributed by atoms with Gasteiger partial charge in [0.2, 0.25) is 0 Å². The molecule has 0 aliphatic carbocycles. The summed E-state index contributed by atoms with van der Waals surface area (Å²) in [6.07, 6.45) is 2.26. The predicted molar refractivity (Wildman–Crippen MR) is 127 cm³/mol. The van der Waals surface area contributed by atoms with E-state index in [1.807, 2.05) is 78.9 Å². The summed E-state index contributed by atoms with van der Waals surface area (Å²) in [5.41, 5.74) is 9.99. The molecule has 1 aliphatic heterocycles. The van der Waals surface area contributed by atoms with Crippen molar-refractivity contribution in [3.05, 3.63) is 89.5 Å². The van der Waals surface area contributed by atoms with Crippen molar-refractivity contribution in [2.24, 2.45) is 5.73 Å². The molecule has 0 radical (unpaired) electrons. The molecule has 1 heterocycles. The number of methoxy groups -OCH3 is 1. The van der Waals surface area contributed by atoms with Crippen molar-refractivity contribution in [2.75, 3.05) is 12.4 Å². The van der Waals surface area contributed by atoms with E-state index in [-0.39, 0.29) is 18.3 Å². The van der Waals surface area contributed by atoms with Crippen molar-refractivity contribution in [2.45, 2.75) is 12.5 Å². The van der Waals surface area contributed by atoms with Gasteiger partial charge in [0.25, 0.3) is 5.91 Å². The van der Waals surface area contributed by atoms with Crippen LogP contribution in [-0.4, -0.2) is 25.0 Å². The number of amides is 1. The average molecular weight is 451 g/mol. The smallest absolute Gasteiger partial charge is 0.322 e. The van der Waals surface area contributed by atoms with E-state index < -0.39 is 12.0 Å². The first kappa shape index (κ1) is 23.1. The van der Waals surface area contributed by atoms with Crippen molar-refractivity contribution in [3.8, 4) is 11.5 Å². The summed E-state index contributed by atoms with van der Waals surface area (Å²) < 4.78 is 10.5. The van der Waals surface area contributed by atoms with Crippen molar-refractivity contribution in [1.29, 1.82) is 0 Å². The number of ether oxygens (including phenoxy) is 2. The second-order valence-corrected chi connectivity index (χ2v) is 7.21. The lowest BCUT2D eigenvalue weighted by atomic mass is 10.0. The van der Waals surface area contributed by atoms with Crippen LogP contribution in [0.1, 0.15) is 16.7 Å². The van der Waals surface area contributed by atoms with Crippen LogP contribution in [0.3, 0.4) is 0 Å². The number of benzene rings is 3. The van der Waals surface area contributed by atoms with E-state index in [0.29, 0.717) is 23.5 Å². The summed E-state index contributed by atoms with van der Waals surface area (Å²) in [5.74, 6) is 0.811. The first-order valence-electron chi connectivity index (χ1n) is 9.86. The molecule has 0 bridgehead atoms. The number of anilines is 1. The van der Waals surface area contributed by atoms with Gasteiger partial charge >= 0.3 is 5.97 Å². The summed E-state index contributed by atoms with van der Waals surface area (Å²) >= 11 is 0. The summed E-state index contributed by atoms with van der Waals surface area (Å²) in [7, 11) is 1.32. The highest BCUT2D eigenvalue weighted by Gasteiger charge is 2.23. The maximum atomic E-state index is 12.3. The van der Waals surface area contributed by atoms with E-state index in [0.717, 1.165) is 22.4 Å². The van der Waals surface area contributed by atoms with Crippen LogP contribution in [-0.2, 0) is 20.7 Å². The van der Waals surface area contributed by atoms with Crippen molar-refractivity contribution in [1.82, 2.24) is 0 Å². The Bertz CT molecular complexity index is 1140. The Kier molecular flexibility index (Phi) is 7.30. The lowest BCUT2D eigenvalue weighted by Crippen LogP contribution is -2.33. The molecule has 7 heteroatoms. The Morgan fingerprint density at radius 2 is 1.62 bits per heavy atom. The molecule has 0 saturated heterocycles. The number of halogens is 1. The SMILES string of the molecule is COC(=O)C(N)Cc1ccc(Oc2ccc(/C=C3\C(=O)Nc4ccccc43)cc2)cc1.Cl. The third kappa shape index (κ3) is 5.17. The van der Waals surface area contributed by atoms with E-state index in [2.05, 4.69) is 10.1 Å². The Labute approximate surface area is 192 Å². The van der Waals surface area contributed by atoms with Gasteiger partial charge in [0.15, 0.2) is 0 Å². The van der Waals surface area contributed by atoms with Gasteiger partial charge in [-0.3, -0.25) is 9.59 Å². The molecule has 164 valence electrons. The van der Waals surface area contributed by atoms with Crippen LogP contribution in [0.4, 0.5) is 5.69 Å². The lowest BCUT2D eigenvalue weighted by Gasteiger charge is -2.10. The Morgan fingerprint density at radius 3 is 2.28 bits per heavy atom. The number of nitrogens with two attached hydrogens (primary N) is 1. The predicted octanol–water partition coefficient (Wildman–Crippen LogP) is 4.44. The molecule has 0 aromatic heterocycles. The van der Waals surface area contributed by atoms with E-state index in [4.69, 9.17) is 10.5 Å². The monoisotopic (exact) mass is 450 g/mol. The summed E-state index contributed by atoms with van der Waals surface area (Å²) in [5, 5.41) is 2.87. The van der Waals surface area contributed by atoms with Crippen LogP contribution in [0.2, 0.25) is 0 Å². The highest BCUT2D eigenvalue weighted by Crippen LogP contribution is 2.33. The molecule has 32 heavy (non-hydrogen) atoms. The van der Waals surface area contributed by atoms with Crippen molar-refractivity contribution in [3.63, 3.8) is 0 Å². The molecule has 4 rings (SSSR count). The molecule has 3 aromatic rings. The Morgan fingerprint density at radius 1 is 1.00 bits per heavy atom. The number of fused-ring (bicyclic) bond motifs is 1. The number of para-hydroxylation sites is 1. The van der Waals surface area contributed by atoms with Gasteiger partial charge in [-0.15, -0.1) is 12.4 Å². The fourth-order valence-electron chi connectivity index (χ4n) is 3.40. The maximum absolute atomic E-state index is 12.3. The third-order valence-electron chi connectivity index (χ3n) is 5.02. The lowest BCUT2D eigenvalue weighted by molar-refractivity contribution is -0.142. The molecule has 3 N–H and O–H groups in total. The number of rotatable bonds is 6. The van der Waals surface area contributed by atoms with Crippen LogP contribution >= 0.6 is 12.4 Å². The molecule has 1 unspecified atom stereocenters. The molecule has 6 nitrogen and oxygen atoms in total. The van der Waals surface area contributed by atoms with Gasteiger partial charge in [-0.25, -0.2) is 0 Å². The second kappa shape index (κ2) is 10.1. The minimum atomic E-state index is -0.688. The van der Waals surface area contributed by atoms with E-state index >= 15 is 0 Å². The third-order valence-corrected chi connectivity index (χ3v) is 5.02. The second-order valence-electron chi connectivity index (χ2n) is 7.21. The van der Waals surface area contributed by atoms with Crippen LogP contribution in [0.5, 0.6) is 11.5 Å². The Balaban J connectivity index is 0.00000289. The topological polar surface area (TPSA) is 90.7 Å². The molecule has 0 saturated carbocycles. The number of esters is 1. The van der Waals surface area contributed by atoms with Gasteiger partial charge < -0.3 is 20.5 Å². The Hall–Kier alpha value is -3.61. The zero-order valence-electron chi connectivity index (χ0n) is 17.4. The van der Waals surface area contributed by atoms with Gasteiger partial charge in [-0.1, -0.05) is 42.5 Å². The van der Waals surface area contributed by atoms with Gasteiger partial charge in [0, 0.05) is 16.8 Å². The average Bonchev–Trinajstić information content (AvgIpc) is 3.10. The molecule has 1 atom stereocenters. The summed E-state index contributed by atoms with van der Waals surface area (Å²) in [6, 6.07) is 21.8. The number of nitrogens with one attached hydrogen (secondary N) is 1. The molecular formula is C25H23ClN2O4. The van der Waals surface area contributed by atoms with Gasteiger partial charge in [-0.2, -0.15) is 0 Å². The van der Waals surface area contributed by atoms with E-state index in [9.17, 15) is 9.59 Å². The van der Waals surface area contributed by atoms with E-state index in [1.54, 1.807) is 0 Å². The number of carbonyl (C=O) groups is 2. The summed E-state index contributed by atoms with van der Waals surface area (Å²) in [6.45, 7) is 0. The molecule has 3 aromatic carbocycles. The molecule has 1 amide bonds. The minimum Gasteiger partial charge on any atom is -0.468 e. The maximum Gasteiger partial charge on any atom is 0.322 e. The van der Waals surface area contributed by atoms with Gasteiger partial charge in [0.1, 0.15) is 17.5 Å². The number of hydrogen-bond donors (Lipinski definition) is 2. The highest BCUT2D eigenvalue weighted by atomic mass is 35.5. The standard InChI is InChI=1S/C25H22N2O4.ClH/c1-30-25(29)22(26)15-17-8-12-19(13-9-17)31-18-10-6-16(7-11-18)14-21-20-4-2-3-5-23(20)27-24(21)28;/h2-14,22H,15,26H2,1H3,(H,27,28);1H/b21-14-;. The first-order valence-corrected chi connectivity index (χ1v) is 9.86. The normalized spacial score (nSPS) is 14.2. The fourth-order valence-corrected chi connectivity index (χ4v) is 3.40. The van der Waals surface area contributed by atoms with Crippen molar-refractivity contribution < 1.29 is 19.1 Å². The quantitative estimate of drug-likeness (QED) is 0.428. The van der Waals surface area contributed by atoms with E-state index in [1.165, 1.54) is 7.11 Å². The number of hydrogen-bond acceptors (Lipinski definition) is 5. The van der Waals surface area contributed by atoms with Crippen LogP contribution in [0, 0.1) is 0 Å². The minimum absolute atomic E-state index is 0. The fraction of sp³-hybridized carbons (Fsp3) is 0.120. The zero-order valence-corrected chi connectivity index (χ0v) is 18.2. The largest absolute Gasteiger partial charge is 0.468 e. The number of carbonyl (C=O) groups excluding carboxylic acids is 2. The van der Waals surface area contributed by atoms with Crippen LogP contribution < -0.4 is 15.8 Å². The van der Waals surface area contributed by atoms with Crippen LogP contribution in [0.15, 0.2) is 72.8 Å². The molecular weight excluding hydrogens is 428 g/mol. The molecule has 1 aliphatic rings. The highest BCUT2D eigenvalue weighted by molar-refractivity contribution is 6.34. The zero-order chi connectivity index (χ0) is 21.8. The summed E-state index contributed by atoms with van der Waals surface area (Å²) in [4.78, 5) is 23.7. The van der Waals surface area contributed by atoms with Crippen LogP contribution in [0.25, 0.3) is 11.6 Å². The van der Waals surface area contributed by atoms with Gasteiger partial charge in [0.05, 0.1) is 7.11 Å². The molecule has 0 spiro atoms. The first-order chi connectivity index (χ1) is 15.0. The molecule has 0 fully saturated rings. The van der Waals surface area contributed by atoms with Gasteiger partial charge in [-0.05, 0) is 54.0 Å².